The summed E-state index contributed by atoms with van der Waals surface area (Å²) >= 11 is 0. The van der Waals surface area contributed by atoms with Crippen LogP contribution in [0.5, 0.6) is 0 Å². The second-order valence-corrected chi connectivity index (χ2v) is 7.12. The Morgan fingerprint density at radius 2 is 0.870 bits per heavy atom. The molecule has 3 aromatic rings. The molecular weight excluding hydrogens is 276 g/mol. The highest BCUT2D eigenvalue weighted by Crippen LogP contribution is 2.55. The Balaban J connectivity index is 1.95. The molecule has 114 valence electrons. The summed E-state index contributed by atoms with van der Waals surface area (Å²) in [5, 5.41) is 0. The minimum atomic E-state index is 0.0580. The van der Waals surface area contributed by atoms with Crippen LogP contribution in [-0.2, 0) is 10.8 Å². The fourth-order valence-electron chi connectivity index (χ4n) is 4.47. The van der Waals surface area contributed by atoms with Gasteiger partial charge in [-0.05, 0) is 28.7 Å². The van der Waals surface area contributed by atoms with Gasteiger partial charge in [0.25, 0.3) is 0 Å². The van der Waals surface area contributed by atoms with Crippen molar-refractivity contribution < 1.29 is 0 Å². The largest absolute Gasteiger partial charge is 0.0622 e. The first-order valence-electron chi connectivity index (χ1n) is 8.36. The average Bonchev–Trinajstić information content (AvgIpc) is 2.87. The molecule has 4 rings (SSSR count). The van der Waals surface area contributed by atoms with Crippen LogP contribution in [0.25, 0.3) is 0 Å². The van der Waals surface area contributed by atoms with Crippen LogP contribution in [-0.4, -0.2) is 0 Å². The van der Waals surface area contributed by atoms with E-state index < -0.39 is 0 Å². The fourth-order valence-corrected chi connectivity index (χ4v) is 4.47. The first-order chi connectivity index (χ1) is 11.1. The molecule has 0 nitrogen and oxygen atoms in total. The molecule has 0 bridgehead atoms. The van der Waals surface area contributed by atoms with Crippen molar-refractivity contribution in [2.75, 3.05) is 0 Å². The first-order valence-corrected chi connectivity index (χ1v) is 8.36. The van der Waals surface area contributed by atoms with Crippen LogP contribution in [0, 0.1) is 0 Å². The summed E-state index contributed by atoms with van der Waals surface area (Å²) in [6.45, 7) is 4.80. The molecule has 3 aromatic carbocycles. The monoisotopic (exact) mass is 298 g/mol. The van der Waals surface area contributed by atoms with Gasteiger partial charge in [-0.3, -0.25) is 0 Å². The zero-order valence-electron chi connectivity index (χ0n) is 13.8. The van der Waals surface area contributed by atoms with E-state index in [0.29, 0.717) is 0 Å². The Morgan fingerprint density at radius 1 is 0.522 bits per heavy atom. The van der Waals surface area contributed by atoms with E-state index >= 15 is 0 Å². The van der Waals surface area contributed by atoms with E-state index in [-0.39, 0.29) is 10.8 Å². The Kier molecular flexibility index (Phi) is 3.16. The normalized spacial score (nSPS) is 26.0. The Bertz CT molecular complexity index is 748. The molecule has 0 radical (unpaired) electrons. The second-order valence-electron chi connectivity index (χ2n) is 7.12. The van der Waals surface area contributed by atoms with Gasteiger partial charge in [0.05, 0.1) is 0 Å². The van der Waals surface area contributed by atoms with Crippen molar-refractivity contribution in [2.24, 2.45) is 0 Å². The van der Waals surface area contributed by atoms with Gasteiger partial charge in [0.15, 0.2) is 0 Å². The van der Waals surface area contributed by atoms with Crippen molar-refractivity contribution >= 4 is 0 Å². The lowest BCUT2D eigenvalue weighted by Gasteiger charge is -2.31. The molecule has 0 saturated carbocycles. The number of benzene rings is 3. The summed E-state index contributed by atoms with van der Waals surface area (Å²) in [7, 11) is 0. The fraction of sp³-hybridized carbons (Fsp3) is 0.217. The van der Waals surface area contributed by atoms with E-state index in [1.54, 1.807) is 0 Å². The van der Waals surface area contributed by atoms with Crippen LogP contribution >= 0.6 is 0 Å². The van der Waals surface area contributed by atoms with Crippen LogP contribution in [0.15, 0.2) is 84.9 Å². The molecule has 2 atom stereocenters. The van der Waals surface area contributed by atoms with E-state index in [1.807, 2.05) is 0 Å². The van der Waals surface area contributed by atoms with Crippen LogP contribution in [0.2, 0.25) is 0 Å². The molecule has 1 aliphatic carbocycles. The van der Waals surface area contributed by atoms with Gasteiger partial charge in [-0.1, -0.05) is 98.8 Å². The zero-order valence-corrected chi connectivity index (χ0v) is 13.8. The number of hydrogen-bond donors (Lipinski definition) is 0. The number of fused-ring (bicyclic) bond motifs is 1. The van der Waals surface area contributed by atoms with E-state index in [4.69, 9.17) is 0 Å². The van der Waals surface area contributed by atoms with Crippen LogP contribution < -0.4 is 0 Å². The molecule has 2 unspecified atom stereocenters. The smallest absolute Gasteiger partial charge is 0.0189 e. The molecule has 1 aliphatic rings. The van der Waals surface area contributed by atoms with Gasteiger partial charge in [-0.15, -0.1) is 0 Å². The van der Waals surface area contributed by atoms with E-state index in [1.165, 1.54) is 22.3 Å². The summed E-state index contributed by atoms with van der Waals surface area (Å²) in [5.74, 6) is 0. The third-order valence-electron chi connectivity index (χ3n) is 5.64. The van der Waals surface area contributed by atoms with Crippen molar-refractivity contribution in [1.82, 2.24) is 0 Å². The highest BCUT2D eigenvalue weighted by atomic mass is 14.5. The standard InChI is InChI=1S/C23H22/c1-22(18-11-5-3-6-12-18)17-23(2,19-13-7-4-8-14-19)21-16-10-9-15-20(21)22/h3-16H,17H2,1-2H3. The molecule has 23 heavy (non-hydrogen) atoms. The van der Waals surface area contributed by atoms with Crippen LogP contribution in [0.1, 0.15) is 42.5 Å². The molecular formula is C23H22. The van der Waals surface area contributed by atoms with Crippen molar-refractivity contribution in [3.8, 4) is 0 Å². The molecule has 0 spiro atoms. The van der Waals surface area contributed by atoms with E-state index in [0.717, 1.165) is 6.42 Å². The van der Waals surface area contributed by atoms with Gasteiger partial charge in [0.2, 0.25) is 0 Å². The molecule has 0 N–H and O–H groups in total. The SMILES string of the molecule is CC1(c2ccccc2)CC(C)(c2ccccc2)c2ccccc21. The highest BCUT2D eigenvalue weighted by Gasteiger charge is 2.48. The lowest BCUT2D eigenvalue weighted by atomic mass is 9.72. The molecule has 0 heteroatoms. The minimum absolute atomic E-state index is 0.0580. The quantitative estimate of drug-likeness (QED) is 0.569. The third kappa shape index (κ3) is 2.05. The molecule has 0 aromatic heterocycles. The third-order valence-corrected chi connectivity index (χ3v) is 5.64. The zero-order chi connectivity index (χ0) is 15.9. The van der Waals surface area contributed by atoms with Crippen LogP contribution in [0.4, 0.5) is 0 Å². The van der Waals surface area contributed by atoms with Crippen molar-refractivity contribution in [1.29, 1.82) is 0 Å². The van der Waals surface area contributed by atoms with Gasteiger partial charge in [-0.2, -0.15) is 0 Å². The van der Waals surface area contributed by atoms with Crippen molar-refractivity contribution in [2.45, 2.75) is 31.1 Å². The Morgan fingerprint density at radius 3 is 1.26 bits per heavy atom. The van der Waals surface area contributed by atoms with Gasteiger partial charge < -0.3 is 0 Å². The maximum Gasteiger partial charge on any atom is 0.0189 e. The summed E-state index contributed by atoms with van der Waals surface area (Å²) < 4.78 is 0. The number of hydrogen-bond acceptors (Lipinski definition) is 0. The lowest BCUT2D eigenvalue weighted by Crippen LogP contribution is -2.26. The number of rotatable bonds is 2. The lowest BCUT2D eigenvalue weighted by molar-refractivity contribution is 0.450. The van der Waals surface area contributed by atoms with Gasteiger partial charge in [0, 0.05) is 10.8 Å². The molecule has 0 fully saturated rings. The molecule has 0 amide bonds. The van der Waals surface area contributed by atoms with Crippen molar-refractivity contribution in [3.63, 3.8) is 0 Å². The van der Waals surface area contributed by atoms with Gasteiger partial charge in [-0.25, -0.2) is 0 Å². The molecule has 0 heterocycles. The van der Waals surface area contributed by atoms with Crippen LogP contribution in [0.3, 0.4) is 0 Å². The summed E-state index contributed by atoms with van der Waals surface area (Å²) in [6.07, 6.45) is 1.10. The predicted octanol–water partition coefficient (Wildman–Crippen LogP) is 5.70. The maximum atomic E-state index is 2.40. The van der Waals surface area contributed by atoms with Crippen molar-refractivity contribution in [3.05, 3.63) is 107 Å². The highest BCUT2D eigenvalue weighted by molar-refractivity contribution is 5.56. The van der Waals surface area contributed by atoms with Gasteiger partial charge in [0.1, 0.15) is 0 Å². The summed E-state index contributed by atoms with van der Waals surface area (Å²) in [5.41, 5.74) is 5.87. The molecule has 0 aliphatic heterocycles. The first kappa shape index (κ1) is 14.3. The molecule has 0 saturated heterocycles. The van der Waals surface area contributed by atoms with Gasteiger partial charge >= 0.3 is 0 Å². The summed E-state index contributed by atoms with van der Waals surface area (Å²) in [4.78, 5) is 0. The Hall–Kier alpha value is -2.34. The summed E-state index contributed by atoms with van der Waals surface area (Å²) in [6, 6.07) is 30.9. The minimum Gasteiger partial charge on any atom is -0.0622 e. The predicted molar refractivity (Wildman–Crippen MR) is 96.9 cm³/mol. The van der Waals surface area contributed by atoms with E-state index in [9.17, 15) is 0 Å². The Labute approximate surface area is 138 Å². The maximum absolute atomic E-state index is 2.40. The second kappa shape index (κ2) is 5.09. The van der Waals surface area contributed by atoms with E-state index in [2.05, 4.69) is 98.8 Å². The average molecular weight is 298 g/mol. The topological polar surface area (TPSA) is 0 Å².